The highest BCUT2D eigenvalue weighted by molar-refractivity contribution is 5.96. The summed E-state index contributed by atoms with van der Waals surface area (Å²) in [7, 11) is 0. The number of rotatable bonds is 2. The Morgan fingerprint density at radius 1 is 1.24 bits per heavy atom. The van der Waals surface area contributed by atoms with Crippen LogP contribution in [0, 0.1) is 0 Å². The smallest absolute Gasteiger partial charge is 0.410 e. The van der Waals surface area contributed by atoms with Crippen molar-refractivity contribution in [1.82, 2.24) is 10.1 Å². The summed E-state index contributed by atoms with van der Waals surface area (Å²) >= 11 is 0. The van der Waals surface area contributed by atoms with E-state index in [1.807, 2.05) is 41.5 Å². The van der Waals surface area contributed by atoms with Gasteiger partial charge in [0.15, 0.2) is 5.82 Å². The van der Waals surface area contributed by atoms with Gasteiger partial charge in [-0.25, -0.2) is 4.79 Å². The minimum absolute atomic E-state index is 0.191. The lowest BCUT2D eigenvalue weighted by atomic mass is 9.93. The lowest BCUT2D eigenvalue weighted by molar-refractivity contribution is -0.122. The van der Waals surface area contributed by atoms with Gasteiger partial charge in [0.05, 0.1) is 0 Å². The number of amides is 2. The molecule has 25 heavy (non-hydrogen) atoms. The third-order valence-corrected chi connectivity index (χ3v) is 3.93. The van der Waals surface area contributed by atoms with Crippen LogP contribution in [0.4, 0.5) is 10.6 Å². The first-order valence-corrected chi connectivity index (χ1v) is 8.75. The number of hydrogen-bond donors (Lipinski definition) is 1. The Bertz CT molecular complexity index is 625. The van der Waals surface area contributed by atoms with E-state index in [4.69, 9.17) is 9.26 Å². The summed E-state index contributed by atoms with van der Waals surface area (Å²) in [6, 6.07) is 1.16. The molecule has 7 nitrogen and oxygen atoms in total. The Morgan fingerprint density at radius 3 is 2.48 bits per heavy atom. The van der Waals surface area contributed by atoms with Gasteiger partial charge in [0, 0.05) is 18.0 Å². The molecular weight excluding hydrogens is 322 g/mol. The molecule has 0 spiro atoms. The van der Waals surface area contributed by atoms with Crippen molar-refractivity contribution < 1.29 is 18.8 Å². The van der Waals surface area contributed by atoms with Crippen LogP contribution < -0.4 is 5.32 Å². The molecule has 0 radical (unpaired) electrons. The molecule has 0 saturated carbocycles. The van der Waals surface area contributed by atoms with E-state index in [1.165, 1.54) is 4.90 Å². The van der Waals surface area contributed by atoms with Gasteiger partial charge in [-0.2, -0.15) is 0 Å². The number of piperidine rings is 1. The van der Waals surface area contributed by atoms with Crippen molar-refractivity contribution in [1.29, 1.82) is 0 Å². The van der Waals surface area contributed by atoms with Crippen molar-refractivity contribution in [2.24, 2.45) is 0 Å². The number of carbonyl (C=O) groups excluding carboxylic acids is 2. The van der Waals surface area contributed by atoms with Gasteiger partial charge < -0.3 is 14.6 Å². The maximum absolute atomic E-state index is 12.7. The van der Waals surface area contributed by atoms with E-state index >= 15 is 0 Å². The van der Waals surface area contributed by atoms with E-state index in [1.54, 1.807) is 6.07 Å². The third kappa shape index (κ3) is 5.21. The van der Waals surface area contributed by atoms with Gasteiger partial charge >= 0.3 is 6.09 Å². The van der Waals surface area contributed by atoms with E-state index in [0.717, 1.165) is 12.8 Å². The first-order chi connectivity index (χ1) is 11.5. The van der Waals surface area contributed by atoms with Crippen molar-refractivity contribution in [3.63, 3.8) is 0 Å². The molecule has 0 aromatic carbocycles. The van der Waals surface area contributed by atoms with Crippen LogP contribution in [-0.2, 0) is 14.9 Å². The molecule has 2 heterocycles. The number of nitrogens with one attached hydrogen (secondary N) is 1. The molecule has 1 aromatic rings. The molecule has 1 atom stereocenters. The Balaban J connectivity index is 2.07. The summed E-state index contributed by atoms with van der Waals surface area (Å²) in [6.07, 6.45) is 1.91. The lowest BCUT2D eigenvalue weighted by Gasteiger charge is -2.35. The molecular formula is C18H29N3O4. The minimum atomic E-state index is -0.594. The van der Waals surface area contributed by atoms with Crippen LogP contribution in [0.1, 0.15) is 66.6 Å². The number of carbonyl (C=O) groups is 2. The van der Waals surface area contributed by atoms with Crippen LogP contribution in [0.2, 0.25) is 0 Å². The van der Waals surface area contributed by atoms with E-state index < -0.39 is 17.7 Å². The van der Waals surface area contributed by atoms with Crippen molar-refractivity contribution in [2.45, 2.75) is 77.9 Å². The topological polar surface area (TPSA) is 84.7 Å². The fourth-order valence-electron chi connectivity index (χ4n) is 2.64. The maximum atomic E-state index is 12.7. The zero-order valence-corrected chi connectivity index (χ0v) is 16.0. The van der Waals surface area contributed by atoms with Gasteiger partial charge in [-0.15, -0.1) is 0 Å². The summed E-state index contributed by atoms with van der Waals surface area (Å²) in [5.41, 5.74) is -0.785. The predicted octanol–water partition coefficient (Wildman–Crippen LogP) is 3.70. The van der Waals surface area contributed by atoms with E-state index in [0.29, 0.717) is 24.5 Å². The summed E-state index contributed by atoms with van der Waals surface area (Å²) in [5, 5.41) is 6.66. The van der Waals surface area contributed by atoms with Crippen LogP contribution in [0.5, 0.6) is 0 Å². The Hall–Kier alpha value is -2.05. The van der Waals surface area contributed by atoms with Crippen LogP contribution in [0.3, 0.4) is 0 Å². The summed E-state index contributed by atoms with van der Waals surface area (Å²) in [5.74, 6) is 0.791. The number of anilines is 1. The van der Waals surface area contributed by atoms with Crippen molar-refractivity contribution in [2.75, 3.05) is 11.9 Å². The lowest BCUT2D eigenvalue weighted by Crippen LogP contribution is -2.51. The van der Waals surface area contributed by atoms with Gasteiger partial charge in [-0.1, -0.05) is 25.9 Å². The van der Waals surface area contributed by atoms with Gasteiger partial charge in [0.2, 0.25) is 5.91 Å². The summed E-state index contributed by atoms with van der Waals surface area (Å²) in [6.45, 7) is 12.0. The quantitative estimate of drug-likeness (QED) is 0.878. The highest BCUT2D eigenvalue weighted by atomic mass is 16.6. The second-order valence-electron chi connectivity index (χ2n) is 8.50. The maximum Gasteiger partial charge on any atom is 0.410 e. The first-order valence-electron chi connectivity index (χ1n) is 8.75. The second kappa shape index (κ2) is 7.06. The number of ether oxygens (including phenoxy) is 1. The minimum Gasteiger partial charge on any atom is -0.444 e. The number of aromatic nitrogens is 1. The Kier molecular flexibility index (Phi) is 5.44. The molecule has 0 bridgehead atoms. The molecule has 0 aliphatic carbocycles. The monoisotopic (exact) mass is 351 g/mol. The molecule has 1 aliphatic heterocycles. The standard InChI is InChI=1S/C18H29N3O4/c1-17(2,3)13-11-14(20-25-13)19-15(22)12-9-7-8-10-21(12)16(23)24-18(4,5)6/h11-12H,7-10H2,1-6H3,(H,19,20,22)/t12-/m0/s1. The van der Waals surface area contributed by atoms with Crippen LogP contribution >= 0.6 is 0 Å². The third-order valence-electron chi connectivity index (χ3n) is 3.93. The molecule has 7 heteroatoms. The molecule has 2 rings (SSSR count). The zero-order chi connectivity index (χ0) is 18.8. The van der Waals surface area contributed by atoms with Crippen LogP contribution in [0.25, 0.3) is 0 Å². The van der Waals surface area contributed by atoms with Gasteiger partial charge in [-0.05, 0) is 40.0 Å². The largest absolute Gasteiger partial charge is 0.444 e. The van der Waals surface area contributed by atoms with Gasteiger partial charge in [0.25, 0.3) is 0 Å². The first kappa shape index (κ1) is 19.3. The fraction of sp³-hybridized carbons (Fsp3) is 0.722. The zero-order valence-electron chi connectivity index (χ0n) is 16.0. The van der Waals surface area contributed by atoms with E-state index in [-0.39, 0.29) is 11.3 Å². The van der Waals surface area contributed by atoms with Crippen molar-refractivity contribution >= 4 is 17.8 Å². The molecule has 1 fully saturated rings. The number of likely N-dealkylation sites (tertiary alicyclic amines) is 1. The average Bonchev–Trinajstić information content (AvgIpc) is 2.94. The normalized spacial score (nSPS) is 18.8. The predicted molar refractivity (Wildman–Crippen MR) is 94.4 cm³/mol. The Labute approximate surface area is 149 Å². The van der Waals surface area contributed by atoms with Gasteiger partial charge in [0.1, 0.15) is 17.4 Å². The van der Waals surface area contributed by atoms with E-state index in [2.05, 4.69) is 10.5 Å². The van der Waals surface area contributed by atoms with Crippen LogP contribution in [-0.4, -0.2) is 40.2 Å². The summed E-state index contributed by atoms with van der Waals surface area (Å²) in [4.78, 5) is 26.6. The molecule has 140 valence electrons. The van der Waals surface area contributed by atoms with Crippen molar-refractivity contribution in [3.05, 3.63) is 11.8 Å². The fourth-order valence-corrected chi connectivity index (χ4v) is 2.64. The molecule has 1 saturated heterocycles. The SMILES string of the molecule is CC(C)(C)OC(=O)N1CCCC[C@H]1C(=O)Nc1cc(C(C)(C)C)on1. The molecule has 1 N–H and O–H groups in total. The highest BCUT2D eigenvalue weighted by Gasteiger charge is 2.35. The second-order valence-corrected chi connectivity index (χ2v) is 8.50. The number of nitrogens with zero attached hydrogens (tertiary/aromatic N) is 2. The molecule has 2 amide bonds. The molecule has 1 aliphatic rings. The van der Waals surface area contributed by atoms with Gasteiger partial charge in [-0.3, -0.25) is 9.69 Å². The van der Waals surface area contributed by atoms with E-state index in [9.17, 15) is 9.59 Å². The highest BCUT2D eigenvalue weighted by Crippen LogP contribution is 2.25. The average molecular weight is 351 g/mol. The summed E-state index contributed by atoms with van der Waals surface area (Å²) < 4.78 is 10.7. The van der Waals surface area contributed by atoms with Crippen molar-refractivity contribution in [3.8, 4) is 0 Å². The molecule has 1 aromatic heterocycles. The molecule has 0 unspecified atom stereocenters. The number of hydrogen-bond acceptors (Lipinski definition) is 5. The Morgan fingerprint density at radius 2 is 1.92 bits per heavy atom. The van der Waals surface area contributed by atoms with Crippen LogP contribution in [0.15, 0.2) is 10.6 Å².